The third kappa shape index (κ3) is 3.42. The van der Waals surface area contributed by atoms with Crippen molar-refractivity contribution in [2.24, 2.45) is 5.73 Å². The summed E-state index contributed by atoms with van der Waals surface area (Å²) in [5.41, 5.74) is 6.06. The Morgan fingerprint density at radius 2 is 2.28 bits per heavy atom. The average Bonchev–Trinajstić information content (AvgIpc) is 2.38. The number of rotatable bonds is 6. The standard InChI is InChI=1S/C13H18FN3O/c1-3-17-8-11-10(7-16)12(14)4-5-13(11)18-9(2)6-15/h4-5,9,17H,3,6,8,15H2,1-2H3/t9-/m0/s1. The van der Waals surface area contributed by atoms with Gasteiger partial charge in [-0.2, -0.15) is 5.26 Å². The van der Waals surface area contributed by atoms with Crippen LogP contribution < -0.4 is 15.8 Å². The van der Waals surface area contributed by atoms with E-state index < -0.39 is 5.82 Å². The van der Waals surface area contributed by atoms with Crippen molar-refractivity contribution < 1.29 is 9.13 Å². The van der Waals surface area contributed by atoms with Crippen LogP contribution in [0.15, 0.2) is 12.1 Å². The van der Waals surface area contributed by atoms with Crippen molar-refractivity contribution >= 4 is 0 Å². The van der Waals surface area contributed by atoms with Gasteiger partial charge in [0.05, 0.1) is 5.56 Å². The number of hydrogen-bond donors (Lipinski definition) is 2. The molecule has 0 aliphatic carbocycles. The van der Waals surface area contributed by atoms with Crippen molar-refractivity contribution in [3.05, 3.63) is 29.1 Å². The summed E-state index contributed by atoms with van der Waals surface area (Å²) in [5, 5.41) is 12.1. The zero-order valence-electron chi connectivity index (χ0n) is 10.7. The second kappa shape index (κ2) is 6.94. The number of benzene rings is 1. The van der Waals surface area contributed by atoms with E-state index in [2.05, 4.69) is 5.32 Å². The molecule has 3 N–H and O–H groups in total. The number of halogens is 1. The Balaban J connectivity index is 3.12. The predicted octanol–water partition coefficient (Wildman–Crippen LogP) is 1.53. The van der Waals surface area contributed by atoms with Gasteiger partial charge in [-0.05, 0) is 25.6 Å². The predicted molar refractivity (Wildman–Crippen MR) is 67.6 cm³/mol. The highest BCUT2D eigenvalue weighted by atomic mass is 19.1. The van der Waals surface area contributed by atoms with Gasteiger partial charge in [0.2, 0.25) is 0 Å². The smallest absolute Gasteiger partial charge is 0.141 e. The highest BCUT2D eigenvalue weighted by molar-refractivity contribution is 5.47. The van der Waals surface area contributed by atoms with Crippen molar-refractivity contribution in [2.45, 2.75) is 26.5 Å². The lowest BCUT2D eigenvalue weighted by molar-refractivity contribution is 0.227. The molecular weight excluding hydrogens is 233 g/mol. The molecule has 5 heteroatoms. The average molecular weight is 251 g/mol. The topological polar surface area (TPSA) is 71.1 Å². The molecule has 0 radical (unpaired) electrons. The van der Waals surface area contributed by atoms with Gasteiger partial charge in [0.1, 0.15) is 23.7 Å². The Morgan fingerprint density at radius 3 is 2.83 bits per heavy atom. The van der Waals surface area contributed by atoms with E-state index in [1.54, 1.807) is 0 Å². The van der Waals surface area contributed by atoms with E-state index in [0.717, 1.165) is 6.54 Å². The van der Waals surface area contributed by atoms with Crippen LogP contribution in [0.1, 0.15) is 25.0 Å². The molecule has 4 nitrogen and oxygen atoms in total. The molecule has 18 heavy (non-hydrogen) atoms. The fourth-order valence-electron chi connectivity index (χ4n) is 1.52. The first-order chi connectivity index (χ1) is 8.63. The molecule has 0 unspecified atom stereocenters. The summed E-state index contributed by atoms with van der Waals surface area (Å²) in [6.45, 7) is 5.25. The maximum atomic E-state index is 13.5. The van der Waals surface area contributed by atoms with Crippen LogP contribution in [0.5, 0.6) is 5.75 Å². The van der Waals surface area contributed by atoms with Gasteiger partial charge in [0.15, 0.2) is 0 Å². The van der Waals surface area contributed by atoms with Crippen molar-refractivity contribution in [3.8, 4) is 11.8 Å². The first-order valence-corrected chi connectivity index (χ1v) is 5.92. The number of nitrogens with one attached hydrogen (secondary N) is 1. The van der Waals surface area contributed by atoms with Crippen LogP contribution in [0, 0.1) is 17.1 Å². The van der Waals surface area contributed by atoms with Gasteiger partial charge in [0, 0.05) is 18.7 Å². The Hall–Kier alpha value is -1.64. The van der Waals surface area contributed by atoms with Crippen LogP contribution >= 0.6 is 0 Å². The largest absolute Gasteiger partial charge is 0.489 e. The monoisotopic (exact) mass is 251 g/mol. The molecule has 0 aliphatic heterocycles. The number of nitrogens with zero attached hydrogens (tertiary/aromatic N) is 1. The molecule has 0 bridgehead atoms. The second-order valence-electron chi connectivity index (χ2n) is 3.96. The molecule has 0 fully saturated rings. The molecule has 0 aliphatic rings. The molecule has 0 heterocycles. The second-order valence-corrected chi connectivity index (χ2v) is 3.96. The summed E-state index contributed by atoms with van der Waals surface area (Å²) in [7, 11) is 0. The Morgan fingerprint density at radius 1 is 1.56 bits per heavy atom. The summed E-state index contributed by atoms with van der Waals surface area (Å²) in [6.07, 6.45) is -0.178. The van der Waals surface area contributed by atoms with Crippen LogP contribution in [-0.2, 0) is 6.54 Å². The summed E-state index contributed by atoms with van der Waals surface area (Å²) in [4.78, 5) is 0. The minimum Gasteiger partial charge on any atom is -0.489 e. The number of nitriles is 1. The SMILES string of the molecule is CCNCc1c(O[C@@H](C)CN)ccc(F)c1C#N. The zero-order valence-corrected chi connectivity index (χ0v) is 10.7. The molecule has 1 atom stereocenters. The molecule has 1 rings (SSSR count). The van der Waals surface area contributed by atoms with Gasteiger partial charge >= 0.3 is 0 Å². The Labute approximate surface area is 107 Å². The lowest BCUT2D eigenvalue weighted by atomic mass is 10.1. The zero-order chi connectivity index (χ0) is 13.5. The summed E-state index contributed by atoms with van der Waals surface area (Å²) in [5.74, 6) is -0.0231. The molecule has 0 saturated heterocycles. The third-order valence-corrected chi connectivity index (χ3v) is 2.54. The van der Waals surface area contributed by atoms with Crippen molar-refractivity contribution in [1.29, 1.82) is 5.26 Å². The maximum absolute atomic E-state index is 13.5. The van der Waals surface area contributed by atoms with Crippen LogP contribution in [0.2, 0.25) is 0 Å². The molecule has 1 aromatic rings. The van der Waals surface area contributed by atoms with E-state index in [9.17, 15) is 4.39 Å². The van der Waals surface area contributed by atoms with Gasteiger partial charge in [-0.3, -0.25) is 0 Å². The van der Waals surface area contributed by atoms with Crippen molar-refractivity contribution in [2.75, 3.05) is 13.1 Å². The number of ether oxygens (including phenoxy) is 1. The molecular formula is C13H18FN3O. The van der Waals surface area contributed by atoms with Crippen molar-refractivity contribution in [3.63, 3.8) is 0 Å². The van der Waals surface area contributed by atoms with E-state index in [0.29, 0.717) is 24.4 Å². The van der Waals surface area contributed by atoms with Gasteiger partial charge in [0.25, 0.3) is 0 Å². The third-order valence-electron chi connectivity index (χ3n) is 2.54. The summed E-state index contributed by atoms with van der Waals surface area (Å²) >= 11 is 0. The van der Waals surface area contributed by atoms with Crippen LogP contribution in [0.25, 0.3) is 0 Å². The summed E-state index contributed by atoms with van der Waals surface area (Å²) in [6, 6.07) is 4.66. The van der Waals surface area contributed by atoms with E-state index in [1.165, 1.54) is 12.1 Å². The number of hydrogen-bond acceptors (Lipinski definition) is 4. The minimum atomic E-state index is -0.529. The fourth-order valence-corrected chi connectivity index (χ4v) is 1.52. The minimum absolute atomic E-state index is 0.0256. The first kappa shape index (κ1) is 14.4. The molecule has 0 spiro atoms. The first-order valence-electron chi connectivity index (χ1n) is 5.92. The quantitative estimate of drug-likeness (QED) is 0.804. The molecule has 1 aromatic carbocycles. The Bertz CT molecular complexity index is 443. The molecule has 0 aromatic heterocycles. The van der Waals surface area contributed by atoms with Gasteiger partial charge < -0.3 is 15.8 Å². The molecule has 98 valence electrons. The Kier molecular flexibility index (Phi) is 5.56. The highest BCUT2D eigenvalue weighted by Gasteiger charge is 2.15. The lowest BCUT2D eigenvalue weighted by Gasteiger charge is -2.17. The van der Waals surface area contributed by atoms with Gasteiger partial charge in [-0.15, -0.1) is 0 Å². The van der Waals surface area contributed by atoms with Gasteiger partial charge in [-0.1, -0.05) is 6.92 Å². The van der Waals surface area contributed by atoms with Crippen LogP contribution in [0.3, 0.4) is 0 Å². The van der Waals surface area contributed by atoms with E-state index in [1.807, 2.05) is 19.9 Å². The van der Waals surface area contributed by atoms with Crippen LogP contribution in [-0.4, -0.2) is 19.2 Å². The molecule has 0 amide bonds. The normalized spacial score (nSPS) is 11.9. The van der Waals surface area contributed by atoms with E-state index in [4.69, 9.17) is 15.7 Å². The summed E-state index contributed by atoms with van der Waals surface area (Å²) < 4.78 is 19.2. The molecule has 0 saturated carbocycles. The lowest BCUT2D eigenvalue weighted by Crippen LogP contribution is -2.24. The van der Waals surface area contributed by atoms with Gasteiger partial charge in [-0.25, -0.2) is 4.39 Å². The van der Waals surface area contributed by atoms with E-state index >= 15 is 0 Å². The van der Waals surface area contributed by atoms with Crippen molar-refractivity contribution in [1.82, 2.24) is 5.32 Å². The fraction of sp³-hybridized carbons (Fsp3) is 0.462. The highest BCUT2D eigenvalue weighted by Crippen LogP contribution is 2.25. The maximum Gasteiger partial charge on any atom is 0.141 e. The van der Waals surface area contributed by atoms with E-state index in [-0.39, 0.29) is 11.7 Å². The van der Waals surface area contributed by atoms with Crippen LogP contribution in [0.4, 0.5) is 4.39 Å². The number of nitrogens with two attached hydrogens (primary N) is 1.